The van der Waals surface area contributed by atoms with Crippen molar-refractivity contribution in [3.05, 3.63) is 34.6 Å². The Labute approximate surface area is 89.3 Å². The van der Waals surface area contributed by atoms with Crippen LogP contribution < -0.4 is 5.32 Å². The van der Waals surface area contributed by atoms with Crippen LogP contribution in [0.1, 0.15) is 32.4 Å². The fraction of sp³-hybridized carbons (Fsp3) is 0.455. The lowest BCUT2D eigenvalue weighted by Gasteiger charge is -2.17. The molecule has 0 radical (unpaired) electrons. The van der Waals surface area contributed by atoms with E-state index in [-0.39, 0.29) is 16.9 Å². The Bertz CT molecular complexity index is 312. The van der Waals surface area contributed by atoms with Gasteiger partial charge in [0.15, 0.2) is 0 Å². The normalized spacial score (nSPS) is 13.3. The summed E-state index contributed by atoms with van der Waals surface area (Å²) < 4.78 is 12.9. The zero-order chi connectivity index (χ0) is 10.7. The van der Waals surface area contributed by atoms with E-state index in [9.17, 15) is 4.39 Å². The summed E-state index contributed by atoms with van der Waals surface area (Å²) in [4.78, 5) is 0. The van der Waals surface area contributed by atoms with Gasteiger partial charge in [-0.2, -0.15) is 0 Å². The average molecular weight is 216 g/mol. The van der Waals surface area contributed by atoms with Crippen molar-refractivity contribution >= 4 is 11.6 Å². The van der Waals surface area contributed by atoms with E-state index in [1.54, 1.807) is 12.1 Å². The SMILES string of the molecule is CC(C)N[C@H](C)c1ccc(F)c(Cl)c1. The summed E-state index contributed by atoms with van der Waals surface area (Å²) in [5, 5.41) is 3.51. The molecule has 3 heteroatoms. The second-order valence-electron chi connectivity index (χ2n) is 3.72. The Kier molecular flexibility index (Phi) is 3.90. The van der Waals surface area contributed by atoms with Crippen molar-refractivity contribution in [2.24, 2.45) is 0 Å². The summed E-state index contributed by atoms with van der Waals surface area (Å²) in [6, 6.07) is 5.40. The van der Waals surface area contributed by atoms with Gasteiger partial charge in [-0.3, -0.25) is 0 Å². The van der Waals surface area contributed by atoms with Crippen LogP contribution in [0.3, 0.4) is 0 Å². The third-order valence-electron chi connectivity index (χ3n) is 2.03. The lowest BCUT2D eigenvalue weighted by atomic mass is 10.1. The molecule has 0 aromatic heterocycles. The zero-order valence-electron chi connectivity index (χ0n) is 8.64. The largest absolute Gasteiger partial charge is 0.308 e. The molecule has 0 aliphatic carbocycles. The van der Waals surface area contributed by atoms with Crippen LogP contribution >= 0.6 is 11.6 Å². The molecule has 0 aliphatic heterocycles. The molecule has 0 heterocycles. The lowest BCUT2D eigenvalue weighted by molar-refractivity contribution is 0.505. The average Bonchev–Trinajstić information content (AvgIpc) is 2.08. The molecule has 1 N–H and O–H groups in total. The molecule has 78 valence electrons. The minimum Gasteiger partial charge on any atom is -0.308 e. The Morgan fingerprint density at radius 2 is 1.93 bits per heavy atom. The standard InChI is InChI=1S/C11H15ClFN/c1-7(2)14-8(3)9-4-5-11(13)10(12)6-9/h4-8,14H,1-3H3/t8-/m1/s1. The van der Waals surface area contributed by atoms with Gasteiger partial charge in [0.1, 0.15) is 5.82 Å². The van der Waals surface area contributed by atoms with Crippen LogP contribution in [0.5, 0.6) is 0 Å². The molecule has 1 aromatic carbocycles. The predicted molar refractivity (Wildman–Crippen MR) is 58.1 cm³/mol. The molecule has 0 saturated carbocycles. The first-order valence-corrected chi connectivity index (χ1v) is 5.09. The number of nitrogens with one attached hydrogen (secondary N) is 1. The van der Waals surface area contributed by atoms with Crippen molar-refractivity contribution in [2.75, 3.05) is 0 Å². The molecule has 1 aromatic rings. The Hall–Kier alpha value is -0.600. The van der Waals surface area contributed by atoms with E-state index in [0.29, 0.717) is 6.04 Å². The smallest absolute Gasteiger partial charge is 0.141 e. The molecular formula is C11H15ClFN. The third-order valence-corrected chi connectivity index (χ3v) is 2.32. The molecule has 0 unspecified atom stereocenters. The monoisotopic (exact) mass is 215 g/mol. The minimum atomic E-state index is -0.368. The van der Waals surface area contributed by atoms with E-state index in [4.69, 9.17) is 11.6 Å². The number of hydrogen-bond acceptors (Lipinski definition) is 1. The van der Waals surface area contributed by atoms with Crippen LogP contribution in [-0.4, -0.2) is 6.04 Å². The lowest BCUT2D eigenvalue weighted by Crippen LogP contribution is -2.26. The molecule has 1 atom stereocenters. The van der Waals surface area contributed by atoms with E-state index >= 15 is 0 Å². The maximum absolute atomic E-state index is 12.9. The van der Waals surface area contributed by atoms with Crippen molar-refractivity contribution in [1.82, 2.24) is 5.32 Å². The maximum atomic E-state index is 12.9. The Balaban J connectivity index is 2.80. The highest BCUT2D eigenvalue weighted by Gasteiger charge is 2.08. The van der Waals surface area contributed by atoms with Gasteiger partial charge in [0, 0.05) is 12.1 Å². The first-order valence-electron chi connectivity index (χ1n) is 4.71. The van der Waals surface area contributed by atoms with Crippen molar-refractivity contribution in [1.29, 1.82) is 0 Å². The number of hydrogen-bond donors (Lipinski definition) is 1. The van der Waals surface area contributed by atoms with E-state index in [2.05, 4.69) is 19.2 Å². The highest BCUT2D eigenvalue weighted by molar-refractivity contribution is 6.30. The Morgan fingerprint density at radius 1 is 1.29 bits per heavy atom. The molecule has 1 nitrogen and oxygen atoms in total. The molecule has 0 bridgehead atoms. The quantitative estimate of drug-likeness (QED) is 0.814. The molecule has 1 rings (SSSR count). The summed E-state index contributed by atoms with van der Waals surface area (Å²) >= 11 is 5.69. The van der Waals surface area contributed by atoms with E-state index in [0.717, 1.165) is 5.56 Å². The van der Waals surface area contributed by atoms with E-state index in [1.807, 2.05) is 6.92 Å². The van der Waals surface area contributed by atoms with Gasteiger partial charge in [-0.1, -0.05) is 31.5 Å². The van der Waals surface area contributed by atoms with E-state index < -0.39 is 0 Å². The molecule has 0 saturated heterocycles. The van der Waals surface area contributed by atoms with Gasteiger partial charge >= 0.3 is 0 Å². The molecular weight excluding hydrogens is 201 g/mol. The van der Waals surface area contributed by atoms with Crippen molar-refractivity contribution in [3.8, 4) is 0 Å². The summed E-state index contributed by atoms with van der Waals surface area (Å²) in [5.74, 6) is -0.368. The van der Waals surface area contributed by atoms with Gasteiger partial charge in [0.05, 0.1) is 5.02 Å². The van der Waals surface area contributed by atoms with Crippen molar-refractivity contribution in [3.63, 3.8) is 0 Å². The van der Waals surface area contributed by atoms with Crippen molar-refractivity contribution < 1.29 is 4.39 Å². The molecule has 0 spiro atoms. The van der Waals surface area contributed by atoms with Gasteiger partial charge in [-0.15, -0.1) is 0 Å². The predicted octanol–water partition coefficient (Wildman–Crippen LogP) is 3.54. The zero-order valence-corrected chi connectivity index (χ0v) is 9.40. The number of rotatable bonds is 3. The fourth-order valence-corrected chi connectivity index (χ4v) is 1.57. The maximum Gasteiger partial charge on any atom is 0.141 e. The van der Waals surface area contributed by atoms with Gasteiger partial charge in [-0.05, 0) is 24.6 Å². The van der Waals surface area contributed by atoms with Gasteiger partial charge in [0.25, 0.3) is 0 Å². The summed E-state index contributed by atoms with van der Waals surface area (Å²) in [6.07, 6.45) is 0. The minimum absolute atomic E-state index is 0.180. The van der Waals surface area contributed by atoms with Gasteiger partial charge < -0.3 is 5.32 Å². The first-order chi connectivity index (χ1) is 6.50. The van der Waals surface area contributed by atoms with Crippen LogP contribution in [0.4, 0.5) is 4.39 Å². The summed E-state index contributed by atoms with van der Waals surface area (Å²) in [7, 11) is 0. The van der Waals surface area contributed by atoms with Crippen molar-refractivity contribution in [2.45, 2.75) is 32.9 Å². The number of halogens is 2. The van der Waals surface area contributed by atoms with Crippen LogP contribution in [0, 0.1) is 5.82 Å². The third kappa shape index (κ3) is 2.96. The van der Waals surface area contributed by atoms with Gasteiger partial charge in [0.2, 0.25) is 0 Å². The second-order valence-corrected chi connectivity index (χ2v) is 4.12. The highest BCUT2D eigenvalue weighted by atomic mass is 35.5. The first kappa shape index (κ1) is 11.5. The summed E-state index contributed by atoms with van der Waals surface area (Å²) in [5.41, 5.74) is 1.00. The molecule has 0 amide bonds. The summed E-state index contributed by atoms with van der Waals surface area (Å²) in [6.45, 7) is 6.17. The van der Waals surface area contributed by atoms with Crippen LogP contribution in [0.2, 0.25) is 5.02 Å². The molecule has 0 fully saturated rings. The van der Waals surface area contributed by atoms with Crippen LogP contribution in [0.25, 0.3) is 0 Å². The number of benzene rings is 1. The van der Waals surface area contributed by atoms with Crippen LogP contribution in [-0.2, 0) is 0 Å². The van der Waals surface area contributed by atoms with E-state index in [1.165, 1.54) is 6.07 Å². The second kappa shape index (κ2) is 4.76. The Morgan fingerprint density at radius 3 is 2.43 bits per heavy atom. The van der Waals surface area contributed by atoms with Gasteiger partial charge in [-0.25, -0.2) is 4.39 Å². The van der Waals surface area contributed by atoms with Crippen LogP contribution in [0.15, 0.2) is 18.2 Å². The topological polar surface area (TPSA) is 12.0 Å². The highest BCUT2D eigenvalue weighted by Crippen LogP contribution is 2.20. The molecule has 0 aliphatic rings. The fourth-order valence-electron chi connectivity index (χ4n) is 1.38. The molecule has 14 heavy (non-hydrogen) atoms.